The van der Waals surface area contributed by atoms with Gasteiger partial charge in [0.15, 0.2) is 0 Å². The maximum Gasteiger partial charge on any atom is 0.268 e. The SMILES string of the molecule is CCC(O)(NC1CCCc2ccccc21)Oc1ccccc1. The number of aliphatic hydroxyl groups is 1. The second kappa shape index (κ2) is 6.51. The van der Waals surface area contributed by atoms with E-state index in [1.165, 1.54) is 11.1 Å². The first-order valence-corrected chi connectivity index (χ1v) is 8.02. The van der Waals surface area contributed by atoms with Gasteiger partial charge in [-0.25, -0.2) is 5.32 Å². The van der Waals surface area contributed by atoms with Gasteiger partial charge < -0.3 is 9.84 Å². The zero-order valence-corrected chi connectivity index (χ0v) is 13.0. The lowest BCUT2D eigenvalue weighted by Crippen LogP contribution is -2.51. The van der Waals surface area contributed by atoms with Crippen molar-refractivity contribution in [2.75, 3.05) is 0 Å². The van der Waals surface area contributed by atoms with Gasteiger partial charge in [-0.1, -0.05) is 49.4 Å². The largest absolute Gasteiger partial charge is 0.449 e. The molecule has 1 aliphatic rings. The summed E-state index contributed by atoms with van der Waals surface area (Å²) in [5, 5.41) is 14.1. The summed E-state index contributed by atoms with van der Waals surface area (Å²) in [6.45, 7) is 1.92. The first kappa shape index (κ1) is 15.1. The summed E-state index contributed by atoms with van der Waals surface area (Å²) >= 11 is 0. The minimum atomic E-state index is -1.35. The van der Waals surface area contributed by atoms with E-state index in [1.807, 2.05) is 37.3 Å². The number of aryl methyl sites for hydroxylation is 1. The summed E-state index contributed by atoms with van der Waals surface area (Å²) < 4.78 is 5.81. The number of hydrogen-bond acceptors (Lipinski definition) is 3. The van der Waals surface area contributed by atoms with Crippen molar-refractivity contribution in [1.82, 2.24) is 5.32 Å². The van der Waals surface area contributed by atoms with Crippen LogP contribution in [0.15, 0.2) is 54.6 Å². The van der Waals surface area contributed by atoms with Crippen LogP contribution in [0.25, 0.3) is 0 Å². The van der Waals surface area contributed by atoms with Crippen molar-refractivity contribution in [3.63, 3.8) is 0 Å². The molecule has 0 aliphatic heterocycles. The molecule has 0 saturated carbocycles. The number of hydrogen-bond donors (Lipinski definition) is 2. The van der Waals surface area contributed by atoms with Crippen LogP contribution < -0.4 is 10.1 Å². The van der Waals surface area contributed by atoms with E-state index >= 15 is 0 Å². The highest BCUT2D eigenvalue weighted by Crippen LogP contribution is 2.31. The van der Waals surface area contributed by atoms with E-state index in [-0.39, 0.29) is 6.04 Å². The van der Waals surface area contributed by atoms with E-state index in [4.69, 9.17) is 4.74 Å². The smallest absolute Gasteiger partial charge is 0.268 e. The summed E-state index contributed by atoms with van der Waals surface area (Å²) in [6.07, 6.45) is 3.72. The highest BCUT2D eigenvalue weighted by molar-refractivity contribution is 5.32. The Balaban J connectivity index is 1.78. The Bertz CT molecular complexity index is 614. The van der Waals surface area contributed by atoms with E-state index in [2.05, 4.69) is 29.6 Å². The maximum absolute atomic E-state index is 10.8. The predicted molar refractivity (Wildman–Crippen MR) is 87.6 cm³/mol. The molecule has 2 atom stereocenters. The fourth-order valence-electron chi connectivity index (χ4n) is 3.06. The lowest BCUT2D eigenvalue weighted by atomic mass is 9.87. The highest BCUT2D eigenvalue weighted by atomic mass is 16.6. The molecule has 3 nitrogen and oxygen atoms in total. The minimum Gasteiger partial charge on any atom is -0.449 e. The van der Waals surface area contributed by atoms with Crippen molar-refractivity contribution < 1.29 is 9.84 Å². The number of benzene rings is 2. The van der Waals surface area contributed by atoms with Crippen LogP contribution in [-0.4, -0.2) is 11.0 Å². The Kier molecular flexibility index (Phi) is 4.46. The van der Waals surface area contributed by atoms with Crippen LogP contribution in [0.1, 0.15) is 43.4 Å². The van der Waals surface area contributed by atoms with Gasteiger partial charge in [0.1, 0.15) is 5.75 Å². The third-order valence-corrected chi connectivity index (χ3v) is 4.28. The molecule has 0 amide bonds. The van der Waals surface area contributed by atoms with Crippen molar-refractivity contribution in [3.05, 3.63) is 65.7 Å². The van der Waals surface area contributed by atoms with E-state index in [1.54, 1.807) is 0 Å². The van der Waals surface area contributed by atoms with Gasteiger partial charge in [-0.3, -0.25) is 0 Å². The van der Waals surface area contributed by atoms with Gasteiger partial charge in [0.25, 0.3) is 5.91 Å². The molecule has 1 aliphatic carbocycles. The quantitative estimate of drug-likeness (QED) is 0.825. The van der Waals surface area contributed by atoms with Crippen LogP contribution in [0.3, 0.4) is 0 Å². The monoisotopic (exact) mass is 297 g/mol. The van der Waals surface area contributed by atoms with E-state index < -0.39 is 5.91 Å². The maximum atomic E-state index is 10.8. The van der Waals surface area contributed by atoms with E-state index in [0.29, 0.717) is 12.2 Å². The van der Waals surface area contributed by atoms with Crippen LogP contribution in [0.4, 0.5) is 0 Å². The van der Waals surface area contributed by atoms with Crippen LogP contribution in [0.5, 0.6) is 5.75 Å². The van der Waals surface area contributed by atoms with Gasteiger partial charge >= 0.3 is 0 Å². The summed E-state index contributed by atoms with van der Waals surface area (Å²) in [7, 11) is 0. The van der Waals surface area contributed by atoms with Crippen molar-refractivity contribution in [1.29, 1.82) is 0 Å². The molecule has 2 unspecified atom stereocenters. The standard InChI is InChI=1S/C19H23NO2/c1-2-19(21,22-16-11-4-3-5-12-16)20-18-14-8-10-15-9-6-7-13-17(15)18/h3-7,9,11-13,18,20-21H,2,8,10,14H2,1H3. The molecule has 0 bridgehead atoms. The molecule has 0 fully saturated rings. The molecule has 2 aromatic carbocycles. The lowest BCUT2D eigenvalue weighted by molar-refractivity contribution is -0.172. The molecular formula is C19H23NO2. The third-order valence-electron chi connectivity index (χ3n) is 4.28. The van der Waals surface area contributed by atoms with Crippen molar-refractivity contribution >= 4 is 0 Å². The summed E-state index contributed by atoms with van der Waals surface area (Å²) in [5.41, 5.74) is 2.64. The van der Waals surface area contributed by atoms with Crippen molar-refractivity contribution in [2.45, 2.75) is 44.6 Å². The van der Waals surface area contributed by atoms with Gasteiger partial charge in [0.05, 0.1) is 0 Å². The van der Waals surface area contributed by atoms with Gasteiger partial charge in [0.2, 0.25) is 0 Å². The number of rotatable bonds is 5. The third kappa shape index (κ3) is 3.32. The number of ether oxygens (including phenoxy) is 1. The molecule has 3 rings (SSSR count). The summed E-state index contributed by atoms with van der Waals surface area (Å²) in [4.78, 5) is 0. The second-order valence-electron chi connectivity index (χ2n) is 5.84. The Morgan fingerprint density at radius 2 is 1.86 bits per heavy atom. The van der Waals surface area contributed by atoms with Crippen molar-refractivity contribution in [2.24, 2.45) is 0 Å². The zero-order valence-electron chi connectivity index (χ0n) is 13.0. The van der Waals surface area contributed by atoms with Crippen LogP contribution in [0, 0.1) is 0 Å². The molecule has 3 heteroatoms. The fourth-order valence-corrected chi connectivity index (χ4v) is 3.06. The Morgan fingerprint density at radius 3 is 2.64 bits per heavy atom. The molecule has 0 saturated heterocycles. The molecular weight excluding hydrogens is 274 g/mol. The van der Waals surface area contributed by atoms with Gasteiger partial charge in [-0.2, -0.15) is 0 Å². The molecule has 2 aromatic rings. The predicted octanol–water partition coefficient (Wildman–Crippen LogP) is 3.79. The Morgan fingerprint density at radius 1 is 1.14 bits per heavy atom. The normalized spacial score (nSPS) is 20.0. The molecule has 0 spiro atoms. The molecule has 22 heavy (non-hydrogen) atoms. The molecule has 0 radical (unpaired) electrons. The summed E-state index contributed by atoms with van der Waals surface area (Å²) in [5.74, 6) is -0.681. The van der Waals surface area contributed by atoms with E-state index in [9.17, 15) is 5.11 Å². The molecule has 0 aromatic heterocycles. The van der Waals surface area contributed by atoms with Gasteiger partial charge in [-0.15, -0.1) is 0 Å². The Hall–Kier alpha value is -1.84. The van der Waals surface area contributed by atoms with E-state index in [0.717, 1.165) is 19.3 Å². The number of nitrogens with one attached hydrogen (secondary N) is 1. The zero-order chi connectivity index (χ0) is 15.4. The molecule has 0 heterocycles. The average Bonchev–Trinajstić information content (AvgIpc) is 2.56. The van der Waals surface area contributed by atoms with Crippen LogP contribution in [0.2, 0.25) is 0 Å². The van der Waals surface area contributed by atoms with Crippen LogP contribution >= 0.6 is 0 Å². The minimum absolute atomic E-state index is 0.124. The van der Waals surface area contributed by atoms with Crippen molar-refractivity contribution in [3.8, 4) is 5.75 Å². The fraction of sp³-hybridized carbons (Fsp3) is 0.368. The molecule has 116 valence electrons. The molecule has 2 N–H and O–H groups in total. The highest BCUT2D eigenvalue weighted by Gasteiger charge is 2.32. The second-order valence-corrected chi connectivity index (χ2v) is 5.84. The van der Waals surface area contributed by atoms with Crippen LogP contribution in [-0.2, 0) is 6.42 Å². The average molecular weight is 297 g/mol. The number of para-hydroxylation sites is 1. The first-order chi connectivity index (χ1) is 10.7. The first-order valence-electron chi connectivity index (χ1n) is 8.02. The Labute approximate surface area is 131 Å². The lowest BCUT2D eigenvalue weighted by Gasteiger charge is -2.35. The number of fused-ring (bicyclic) bond motifs is 1. The van der Waals surface area contributed by atoms with Gasteiger partial charge in [0, 0.05) is 12.5 Å². The topological polar surface area (TPSA) is 41.5 Å². The summed E-state index contributed by atoms with van der Waals surface area (Å²) in [6, 6.07) is 18.0. The van der Waals surface area contributed by atoms with Gasteiger partial charge in [-0.05, 0) is 42.5 Å².